The molecule has 0 aromatic heterocycles. The van der Waals surface area contributed by atoms with Gasteiger partial charge >= 0.3 is 11.9 Å². The highest BCUT2D eigenvalue weighted by Gasteiger charge is 2.71. The van der Waals surface area contributed by atoms with E-state index in [0.29, 0.717) is 44.9 Å². The number of carbonyl (C=O) groups excluding carboxylic acids is 1. The average molecular weight is 811 g/mol. The summed E-state index contributed by atoms with van der Waals surface area (Å²) in [6.07, 6.45) is -7.58. The lowest BCUT2D eigenvalue weighted by Gasteiger charge is -2.71. The Hall–Kier alpha value is -1.76. The minimum atomic E-state index is -1.70. The molecule has 4 saturated carbocycles. The molecule has 0 amide bonds. The van der Waals surface area contributed by atoms with E-state index < -0.39 is 109 Å². The van der Waals surface area contributed by atoms with Gasteiger partial charge in [0.25, 0.3) is 0 Å². The van der Waals surface area contributed by atoms with Crippen molar-refractivity contribution in [2.45, 2.75) is 173 Å². The van der Waals surface area contributed by atoms with Crippen LogP contribution < -0.4 is 0 Å². The summed E-state index contributed by atoms with van der Waals surface area (Å²) in [5.41, 5.74) is -2.26. The molecule has 2 saturated heterocycles. The number of hydrogen-bond acceptors (Lipinski definition) is 14. The molecule has 57 heavy (non-hydrogen) atoms. The summed E-state index contributed by atoms with van der Waals surface area (Å²) in [5, 5.41) is 93.7. The Balaban J connectivity index is 1.19. The molecular formula is C42H66O15. The molecule has 0 bridgehead atoms. The second-order valence-electron chi connectivity index (χ2n) is 20.4. The number of esters is 1. The number of allylic oxidation sites excluding steroid dienone is 2. The van der Waals surface area contributed by atoms with Crippen LogP contribution in [0.5, 0.6) is 0 Å². The van der Waals surface area contributed by atoms with Crippen molar-refractivity contribution in [3.8, 4) is 0 Å². The van der Waals surface area contributed by atoms with Crippen molar-refractivity contribution in [3.63, 3.8) is 0 Å². The third kappa shape index (κ3) is 6.30. The molecule has 9 N–H and O–H groups in total. The van der Waals surface area contributed by atoms with E-state index in [-0.39, 0.29) is 34.0 Å². The summed E-state index contributed by atoms with van der Waals surface area (Å²) < 4.78 is 23.5. The highest BCUT2D eigenvalue weighted by molar-refractivity contribution is 5.79. The van der Waals surface area contributed by atoms with E-state index in [1.807, 2.05) is 0 Å². The molecule has 19 atom stereocenters. The Morgan fingerprint density at radius 2 is 1.30 bits per heavy atom. The highest BCUT2D eigenvalue weighted by atomic mass is 16.7. The summed E-state index contributed by atoms with van der Waals surface area (Å²) in [6, 6.07) is 0. The molecule has 15 heteroatoms. The number of rotatable bonds is 7. The van der Waals surface area contributed by atoms with Crippen molar-refractivity contribution in [2.75, 3.05) is 13.2 Å². The first kappa shape index (κ1) is 43.3. The fourth-order valence-electron chi connectivity index (χ4n) is 13.5. The number of carboxylic acid groups (broad SMARTS) is 1. The van der Waals surface area contributed by atoms with Gasteiger partial charge in [0.1, 0.15) is 48.8 Å². The van der Waals surface area contributed by atoms with Gasteiger partial charge in [-0.15, -0.1) is 0 Å². The van der Waals surface area contributed by atoms with Crippen LogP contribution in [0.15, 0.2) is 11.6 Å². The molecule has 15 nitrogen and oxygen atoms in total. The Bertz CT molecular complexity index is 1580. The SMILES string of the molecule is CC1(C)CC[C@]2(C(=O)O[C@@H]3O[C@H](CO)[C@@H](O)[C@@H](O)[C@H]3O)CC[C@]3(C)C(=CC[C@@H]4[C@@]5(C)CC[C@H](O[C@H]6O[C@H](CO)[C@@H](O)[C@H](O)[C@H]6O)[C@@](C)(C(=O)O)[C@@H]5CC[C@]43C)[C@@H]2C1. The van der Waals surface area contributed by atoms with Gasteiger partial charge in [-0.1, -0.05) is 46.3 Å². The van der Waals surface area contributed by atoms with E-state index in [1.54, 1.807) is 6.92 Å². The Morgan fingerprint density at radius 1 is 0.719 bits per heavy atom. The van der Waals surface area contributed by atoms with Gasteiger partial charge in [0.2, 0.25) is 6.29 Å². The number of hydrogen-bond donors (Lipinski definition) is 9. The quantitative estimate of drug-likeness (QED) is 0.100. The van der Waals surface area contributed by atoms with Crippen LogP contribution in [0.2, 0.25) is 0 Å². The molecule has 0 spiro atoms. The van der Waals surface area contributed by atoms with E-state index in [1.165, 1.54) is 5.57 Å². The van der Waals surface area contributed by atoms with Crippen molar-refractivity contribution < 1.29 is 74.5 Å². The maximum Gasteiger partial charge on any atom is 0.315 e. The number of carboxylic acids is 1. The van der Waals surface area contributed by atoms with Gasteiger partial charge < -0.3 is 64.9 Å². The van der Waals surface area contributed by atoms with Crippen LogP contribution in [-0.4, -0.2) is 139 Å². The number of aliphatic carboxylic acids is 1. The van der Waals surface area contributed by atoms with Crippen molar-refractivity contribution >= 4 is 11.9 Å². The molecule has 0 aromatic carbocycles. The van der Waals surface area contributed by atoms with Crippen LogP contribution in [0.3, 0.4) is 0 Å². The van der Waals surface area contributed by atoms with E-state index >= 15 is 0 Å². The van der Waals surface area contributed by atoms with Gasteiger partial charge in [-0.25, -0.2) is 0 Å². The third-order valence-corrected chi connectivity index (χ3v) is 17.3. The van der Waals surface area contributed by atoms with Crippen LogP contribution in [0.25, 0.3) is 0 Å². The van der Waals surface area contributed by atoms with Crippen molar-refractivity contribution in [2.24, 2.45) is 50.2 Å². The fourth-order valence-corrected chi connectivity index (χ4v) is 13.5. The minimum Gasteiger partial charge on any atom is -0.481 e. The average Bonchev–Trinajstić information content (AvgIpc) is 3.16. The fraction of sp³-hybridized carbons (Fsp3) is 0.905. The first-order valence-corrected chi connectivity index (χ1v) is 21.0. The third-order valence-electron chi connectivity index (χ3n) is 17.3. The first-order chi connectivity index (χ1) is 26.6. The molecule has 2 aliphatic heterocycles. The maximum absolute atomic E-state index is 14.6. The lowest BCUT2D eigenvalue weighted by atomic mass is 9.33. The molecule has 6 fully saturated rings. The number of carbonyl (C=O) groups is 2. The molecule has 0 aromatic rings. The van der Waals surface area contributed by atoms with Crippen LogP contribution in [0.1, 0.15) is 106 Å². The molecular weight excluding hydrogens is 744 g/mol. The maximum atomic E-state index is 14.6. The summed E-state index contributed by atoms with van der Waals surface area (Å²) >= 11 is 0. The molecule has 7 aliphatic rings. The zero-order valence-electron chi connectivity index (χ0n) is 34.1. The van der Waals surface area contributed by atoms with Crippen molar-refractivity contribution in [1.29, 1.82) is 0 Å². The Morgan fingerprint density at radius 3 is 1.89 bits per heavy atom. The van der Waals surface area contributed by atoms with Gasteiger partial charge in [-0.3, -0.25) is 9.59 Å². The van der Waals surface area contributed by atoms with Gasteiger partial charge in [0, 0.05) is 0 Å². The second-order valence-corrected chi connectivity index (χ2v) is 20.4. The topological polar surface area (TPSA) is 253 Å². The molecule has 2 heterocycles. The van der Waals surface area contributed by atoms with Crippen LogP contribution in [-0.2, 0) is 28.5 Å². The molecule has 324 valence electrons. The molecule has 0 unspecified atom stereocenters. The predicted molar refractivity (Wildman–Crippen MR) is 200 cm³/mol. The molecule has 7 rings (SSSR count). The predicted octanol–water partition coefficient (Wildman–Crippen LogP) is 1.38. The van der Waals surface area contributed by atoms with Crippen LogP contribution in [0, 0.1) is 50.2 Å². The van der Waals surface area contributed by atoms with Gasteiger partial charge in [0.05, 0.1) is 30.1 Å². The minimum absolute atomic E-state index is 0.0783. The lowest BCUT2D eigenvalue weighted by molar-refractivity contribution is -0.329. The highest BCUT2D eigenvalue weighted by Crippen LogP contribution is 2.76. The van der Waals surface area contributed by atoms with E-state index in [2.05, 4.69) is 40.7 Å². The zero-order valence-corrected chi connectivity index (χ0v) is 34.1. The Labute approximate surface area is 334 Å². The van der Waals surface area contributed by atoms with E-state index in [4.69, 9.17) is 18.9 Å². The van der Waals surface area contributed by atoms with E-state index in [9.17, 15) is 55.5 Å². The number of aliphatic hydroxyl groups excluding tert-OH is 8. The van der Waals surface area contributed by atoms with Gasteiger partial charge in [0.15, 0.2) is 6.29 Å². The smallest absolute Gasteiger partial charge is 0.315 e. The molecule has 0 radical (unpaired) electrons. The second kappa shape index (κ2) is 14.7. The number of ether oxygens (including phenoxy) is 4. The monoisotopic (exact) mass is 810 g/mol. The van der Waals surface area contributed by atoms with Crippen molar-refractivity contribution in [3.05, 3.63) is 11.6 Å². The normalized spacial score (nSPS) is 53.3. The summed E-state index contributed by atoms with van der Waals surface area (Å²) in [4.78, 5) is 28.1. The Kier molecular flexibility index (Phi) is 11.2. The van der Waals surface area contributed by atoms with Gasteiger partial charge in [-0.2, -0.15) is 0 Å². The standard InChI is InChI=1S/C42H66O15/c1-37(2)13-15-42(36(53)57-34-32(50)30(48)28(46)23(19-44)55-34)16-14-39(4)20(21(42)17-37)7-8-24-38(3)11-10-26(41(6,35(51)52)25(38)9-12-40(24,39)5)56-33-31(49)29(47)27(45)22(18-43)54-33/h7,21-34,43-50H,8-19H2,1-6H3,(H,51,52)/t21-,22+,23+,24+,25+,26-,27+,28+,29-,30+,31+,32+,33+,34-,38+,39+,40+,41-,42-/m0/s1. The number of fused-ring (bicyclic) bond motifs is 7. The van der Waals surface area contributed by atoms with Crippen LogP contribution >= 0.6 is 0 Å². The lowest BCUT2D eigenvalue weighted by Crippen LogP contribution is -2.67. The molecule has 5 aliphatic carbocycles. The van der Waals surface area contributed by atoms with Gasteiger partial charge in [-0.05, 0) is 111 Å². The largest absolute Gasteiger partial charge is 0.481 e. The number of aliphatic hydroxyl groups is 8. The summed E-state index contributed by atoms with van der Waals surface area (Å²) in [7, 11) is 0. The van der Waals surface area contributed by atoms with Crippen molar-refractivity contribution in [1.82, 2.24) is 0 Å². The van der Waals surface area contributed by atoms with E-state index in [0.717, 1.165) is 19.3 Å². The summed E-state index contributed by atoms with van der Waals surface area (Å²) in [6.45, 7) is 11.7. The first-order valence-electron chi connectivity index (χ1n) is 21.0. The zero-order chi connectivity index (χ0) is 41.8. The van der Waals surface area contributed by atoms with Crippen LogP contribution in [0.4, 0.5) is 0 Å². The summed E-state index contributed by atoms with van der Waals surface area (Å²) in [5.74, 6) is -1.98.